The summed E-state index contributed by atoms with van der Waals surface area (Å²) in [7, 11) is 1.49. The van der Waals surface area contributed by atoms with Crippen LogP contribution in [0.3, 0.4) is 0 Å². The molecule has 0 saturated heterocycles. The van der Waals surface area contributed by atoms with E-state index in [4.69, 9.17) is 16.3 Å². The van der Waals surface area contributed by atoms with Crippen molar-refractivity contribution < 1.29 is 9.53 Å². The van der Waals surface area contributed by atoms with E-state index in [9.17, 15) is 4.79 Å². The molecule has 1 aromatic carbocycles. The molecular formula is C15H18ClN3O2. The summed E-state index contributed by atoms with van der Waals surface area (Å²) in [5.41, 5.74) is 3.22. The molecule has 2 rings (SSSR count). The standard InChI is InChI=1S/C15H18ClN3O2/c1-3-4-12-15(17-13(20)9-21-2)14(19-18-12)10-5-7-11(16)8-6-10/h5-8H,3-4,9H2,1-2H3,(H,17,20)(H,18,19). The minimum atomic E-state index is -0.202. The number of benzene rings is 1. The average Bonchev–Trinajstić information content (AvgIpc) is 2.83. The Bertz CT molecular complexity index is 608. The second-order valence-corrected chi connectivity index (χ2v) is 5.10. The van der Waals surface area contributed by atoms with E-state index in [1.54, 1.807) is 12.1 Å². The van der Waals surface area contributed by atoms with Gasteiger partial charge in [0.25, 0.3) is 0 Å². The van der Waals surface area contributed by atoms with E-state index in [1.807, 2.05) is 12.1 Å². The van der Waals surface area contributed by atoms with Gasteiger partial charge in [-0.25, -0.2) is 0 Å². The highest BCUT2D eigenvalue weighted by molar-refractivity contribution is 6.30. The zero-order valence-corrected chi connectivity index (χ0v) is 12.8. The molecule has 0 fully saturated rings. The van der Waals surface area contributed by atoms with Gasteiger partial charge in [-0.2, -0.15) is 5.10 Å². The molecule has 2 N–H and O–H groups in total. The average molecular weight is 308 g/mol. The molecule has 0 aliphatic heterocycles. The summed E-state index contributed by atoms with van der Waals surface area (Å²) in [4.78, 5) is 11.8. The van der Waals surface area contributed by atoms with Crippen molar-refractivity contribution in [1.29, 1.82) is 0 Å². The van der Waals surface area contributed by atoms with Crippen LogP contribution in [-0.2, 0) is 16.0 Å². The lowest BCUT2D eigenvalue weighted by Gasteiger charge is -2.08. The first kappa shape index (κ1) is 15.5. The predicted octanol–water partition coefficient (Wildman–Crippen LogP) is 3.27. The molecular weight excluding hydrogens is 290 g/mol. The lowest BCUT2D eigenvalue weighted by atomic mass is 10.1. The Balaban J connectivity index is 2.36. The Hall–Kier alpha value is -1.85. The van der Waals surface area contributed by atoms with Crippen LogP contribution in [0.2, 0.25) is 5.02 Å². The number of rotatable bonds is 6. The van der Waals surface area contributed by atoms with Crippen molar-refractivity contribution in [2.24, 2.45) is 0 Å². The molecule has 0 atom stereocenters. The number of H-pyrrole nitrogens is 1. The molecule has 0 spiro atoms. The van der Waals surface area contributed by atoms with Crippen molar-refractivity contribution in [1.82, 2.24) is 10.2 Å². The van der Waals surface area contributed by atoms with Gasteiger partial charge in [0.2, 0.25) is 5.91 Å². The highest BCUT2D eigenvalue weighted by Crippen LogP contribution is 2.30. The van der Waals surface area contributed by atoms with Gasteiger partial charge in [-0.1, -0.05) is 37.1 Å². The second kappa shape index (κ2) is 7.24. The van der Waals surface area contributed by atoms with Gasteiger partial charge in [0, 0.05) is 17.7 Å². The van der Waals surface area contributed by atoms with E-state index in [-0.39, 0.29) is 12.5 Å². The fourth-order valence-electron chi connectivity index (χ4n) is 2.07. The number of aromatic nitrogens is 2. The Morgan fingerprint density at radius 3 is 2.71 bits per heavy atom. The molecule has 5 nitrogen and oxygen atoms in total. The molecule has 1 aromatic heterocycles. The van der Waals surface area contributed by atoms with Crippen LogP contribution >= 0.6 is 11.6 Å². The van der Waals surface area contributed by atoms with Gasteiger partial charge < -0.3 is 10.1 Å². The molecule has 1 amide bonds. The van der Waals surface area contributed by atoms with Gasteiger partial charge >= 0.3 is 0 Å². The van der Waals surface area contributed by atoms with Crippen LogP contribution in [0, 0.1) is 0 Å². The van der Waals surface area contributed by atoms with Crippen LogP contribution in [0.1, 0.15) is 19.0 Å². The molecule has 1 heterocycles. The van der Waals surface area contributed by atoms with E-state index in [0.29, 0.717) is 16.4 Å². The van der Waals surface area contributed by atoms with E-state index >= 15 is 0 Å². The summed E-state index contributed by atoms with van der Waals surface area (Å²) < 4.78 is 4.85. The predicted molar refractivity (Wildman–Crippen MR) is 83.5 cm³/mol. The quantitative estimate of drug-likeness (QED) is 0.860. The first-order valence-corrected chi connectivity index (χ1v) is 7.15. The van der Waals surface area contributed by atoms with Gasteiger partial charge in [0.1, 0.15) is 12.3 Å². The maximum Gasteiger partial charge on any atom is 0.250 e. The topological polar surface area (TPSA) is 67.0 Å². The van der Waals surface area contributed by atoms with Gasteiger partial charge in [-0.05, 0) is 18.6 Å². The van der Waals surface area contributed by atoms with E-state index in [2.05, 4.69) is 22.4 Å². The van der Waals surface area contributed by atoms with Crippen molar-refractivity contribution in [3.05, 3.63) is 35.0 Å². The first-order chi connectivity index (χ1) is 10.2. The third-order valence-electron chi connectivity index (χ3n) is 3.00. The molecule has 0 saturated carbocycles. The lowest BCUT2D eigenvalue weighted by Crippen LogP contribution is -2.18. The van der Waals surface area contributed by atoms with Crippen molar-refractivity contribution in [2.45, 2.75) is 19.8 Å². The summed E-state index contributed by atoms with van der Waals surface area (Å²) in [6, 6.07) is 7.35. The molecule has 0 radical (unpaired) electrons. The van der Waals surface area contributed by atoms with Crippen LogP contribution in [0.25, 0.3) is 11.3 Å². The SMILES string of the molecule is CCCc1[nH]nc(-c2ccc(Cl)cc2)c1NC(=O)COC. The number of carbonyl (C=O) groups excluding carboxylic acids is 1. The normalized spacial score (nSPS) is 10.6. The summed E-state index contributed by atoms with van der Waals surface area (Å²) >= 11 is 5.90. The van der Waals surface area contributed by atoms with Crippen molar-refractivity contribution in [2.75, 3.05) is 19.0 Å². The summed E-state index contributed by atoms with van der Waals surface area (Å²) in [5.74, 6) is -0.202. The third kappa shape index (κ3) is 3.83. The number of nitrogens with one attached hydrogen (secondary N) is 2. The number of aryl methyl sites for hydroxylation is 1. The monoisotopic (exact) mass is 307 g/mol. The molecule has 0 bridgehead atoms. The van der Waals surface area contributed by atoms with E-state index in [0.717, 1.165) is 24.1 Å². The Labute approximate surface area is 128 Å². The Morgan fingerprint density at radius 2 is 2.10 bits per heavy atom. The number of carbonyl (C=O) groups is 1. The third-order valence-corrected chi connectivity index (χ3v) is 3.25. The minimum Gasteiger partial charge on any atom is -0.375 e. The largest absolute Gasteiger partial charge is 0.375 e. The first-order valence-electron chi connectivity index (χ1n) is 6.77. The van der Waals surface area contributed by atoms with Crippen molar-refractivity contribution in [3.63, 3.8) is 0 Å². The summed E-state index contributed by atoms with van der Waals surface area (Å²) in [6.45, 7) is 2.08. The van der Waals surface area contributed by atoms with Gasteiger partial charge in [0.05, 0.1) is 11.4 Å². The van der Waals surface area contributed by atoms with Crippen LogP contribution in [0.4, 0.5) is 5.69 Å². The molecule has 0 unspecified atom stereocenters. The number of ether oxygens (including phenoxy) is 1. The number of methoxy groups -OCH3 is 1. The molecule has 112 valence electrons. The lowest BCUT2D eigenvalue weighted by molar-refractivity contribution is -0.119. The minimum absolute atomic E-state index is 0.0107. The molecule has 0 aliphatic carbocycles. The fraction of sp³-hybridized carbons (Fsp3) is 0.333. The van der Waals surface area contributed by atoms with Crippen molar-refractivity contribution in [3.8, 4) is 11.3 Å². The Morgan fingerprint density at radius 1 is 1.38 bits per heavy atom. The number of aromatic amines is 1. The molecule has 21 heavy (non-hydrogen) atoms. The molecule has 6 heteroatoms. The number of halogens is 1. The fourth-order valence-corrected chi connectivity index (χ4v) is 2.19. The summed E-state index contributed by atoms with van der Waals surface area (Å²) in [5, 5.41) is 10.8. The van der Waals surface area contributed by atoms with Crippen LogP contribution in [0.15, 0.2) is 24.3 Å². The highest BCUT2D eigenvalue weighted by Gasteiger charge is 2.16. The van der Waals surface area contributed by atoms with E-state index < -0.39 is 0 Å². The maximum atomic E-state index is 11.8. The second-order valence-electron chi connectivity index (χ2n) is 4.66. The van der Waals surface area contributed by atoms with Gasteiger partial charge in [0.15, 0.2) is 0 Å². The zero-order chi connectivity index (χ0) is 15.2. The maximum absolute atomic E-state index is 11.8. The van der Waals surface area contributed by atoms with Crippen LogP contribution in [-0.4, -0.2) is 29.8 Å². The number of hydrogen-bond donors (Lipinski definition) is 2. The highest BCUT2D eigenvalue weighted by atomic mass is 35.5. The number of hydrogen-bond acceptors (Lipinski definition) is 3. The van der Waals surface area contributed by atoms with Crippen molar-refractivity contribution >= 4 is 23.2 Å². The number of amides is 1. The zero-order valence-electron chi connectivity index (χ0n) is 12.1. The smallest absolute Gasteiger partial charge is 0.250 e. The van der Waals surface area contributed by atoms with Crippen LogP contribution < -0.4 is 5.32 Å². The number of anilines is 1. The summed E-state index contributed by atoms with van der Waals surface area (Å²) in [6.07, 6.45) is 1.76. The Kier molecular flexibility index (Phi) is 5.36. The van der Waals surface area contributed by atoms with Gasteiger partial charge in [-0.15, -0.1) is 0 Å². The van der Waals surface area contributed by atoms with E-state index in [1.165, 1.54) is 7.11 Å². The number of nitrogens with zero attached hydrogens (tertiary/aromatic N) is 1. The molecule has 0 aliphatic rings. The van der Waals surface area contributed by atoms with Crippen LogP contribution in [0.5, 0.6) is 0 Å². The van der Waals surface area contributed by atoms with Gasteiger partial charge in [-0.3, -0.25) is 9.89 Å². The molecule has 2 aromatic rings.